The predicted molar refractivity (Wildman–Crippen MR) is 86.0 cm³/mol. The molecule has 2 amide bonds. The van der Waals surface area contributed by atoms with Crippen molar-refractivity contribution in [2.24, 2.45) is 0 Å². The Kier molecular flexibility index (Phi) is 4.52. The Balaban J connectivity index is 1.72. The van der Waals surface area contributed by atoms with Gasteiger partial charge in [0.05, 0.1) is 4.88 Å². The summed E-state index contributed by atoms with van der Waals surface area (Å²) < 4.78 is 1.20. The molecule has 7 nitrogen and oxygen atoms in total. The largest absolute Gasteiger partial charge is 0.342 e. The second-order valence-electron chi connectivity index (χ2n) is 5.21. The van der Waals surface area contributed by atoms with E-state index >= 15 is 0 Å². The fraction of sp³-hybridized carbons (Fsp3) is 0.333. The van der Waals surface area contributed by atoms with Crippen molar-refractivity contribution < 1.29 is 9.59 Å². The van der Waals surface area contributed by atoms with E-state index in [-0.39, 0.29) is 18.0 Å². The second kappa shape index (κ2) is 6.74. The summed E-state index contributed by atoms with van der Waals surface area (Å²) in [4.78, 5) is 39.2. The molecule has 0 aromatic carbocycles. The van der Waals surface area contributed by atoms with E-state index in [9.17, 15) is 14.4 Å². The second-order valence-corrected chi connectivity index (χ2v) is 6.16. The lowest BCUT2D eigenvalue weighted by Gasteiger charge is -2.32. The van der Waals surface area contributed by atoms with Gasteiger partial charge in [-0.3, -0.25) is 14.4 Å². The summed E-state index contributed by atoms with van der Waals surface area (Å²) in [5.41, 5.74) is 0.378. The molecule has 0 saturated carbocycles. The zero-order valence-corrected chi connectivity index (χ0v) is 13.2. The van der Waals surface area contributed by atoms with Gasteiger partial charge in [0, 0.05) is 32.2 Å². The molecule has 2 aromatic heterocycles. The number of hydrogen-bond acceptors (Lipinski definition) is 5. The normalized spacial score (nSPS) is 14.8. The number of carbonyl (C=O) groups excluding carboxylic acids is 2. The van der Waals surface area contributed by atoms with Gasteiger partial charge in [0.25, 0.3) is 5.56 Å². The molecule has 0 N–H and O–H groups in total. The van der Waals surface area contributed by atoms with Crippen LogP contribution in [0.3, 0.4) is 0 Å². The zero-order chi connectivity index (χ0) is 16.2. The summed E-state index contributed by atoms with van der Waals surface area (Å²) in [5.74, 6) is -0.159. The fourth-order valence-electron chi connectivity index (χ4n) is 2.42. The van der Waals surface area contributed by atoms with Crippen LogP contribution in [0.15, 0.2) is 34.4 Å². The number of rotatable bonds is 4. The Morgan fingerprint density at radius 2 is 2.00 bits per heavy atom. The number of hydrogen-bond donors (Lipinski definition) is 0. The van der Waals surface area contributed by atoms with Gasteiger partial charge >= 0.3 is 0 Å². The van der Waals surface area contributed by atoms with Crippen molar-refractivity contribution in [1.82, 2.24) is 19.6 Å². The Bertz CT molecular complexity index is 748. The molecule has 1 fully saturated rings. The van der Waals surface area contributed by atoms with Crippen molar-refractivity contribution in [3.8, 4) is 10.6 Å². The molecule has 3 heterocycles. The van der Waals surface area contributed by atoms with E-state index in [4.69, 9.17) is 0 Å². The van der Waals surface area contributed by atoms with Crippen molar-refractivity contribution in [1.29, 1.82) is 0 Å². The van der Waals surface area contributed by atoms with Gasteiger partial charge in [0.1, 0.15) is 12.2 Å². The molecule has 8 heteroatoms. The van der Waals surface area contributed by atoms with Crippen molar-refractivity contribution >= 4 is 23.7 Å². The monoisotopic (exact) mass is 332 g/mol. The minimum atomic E-state index is -0.301. The number of carbonyl (C=O) groups is 2. The van der Waals surface area contributed by atoms with Gasteiger partial charge in [-0.15, -0.1) is 11.3 Å². The minimum absolute atomic E-state index is 0.0842. The van der Waals surface area contributed by atoms with Crippen LogP contribution >= 0.6 is 11.3 Å². The molecule has 0 bridgehead atoms. The van der Waals surface area contributed by atoms with E-state index < -0.39 is 0 Å². The van der Waals surface area contributed by atoms with Crippen LogP contribution in [0.25, 0.3) is 10.6 Å². The van der Waals surface area contributed by atoms with Crippen LogP contribution in [0.5, 0.6) is 0 Å². The Hall–Kier alpha value is -2.48. The van der Waals surface area contributed by atoms with Crippen LogP contribution in [-0.2, 0) is 16.1 Å². The summed E-state index contributed by atoms with van der Waals surface area (Å²) in [6.45, 7) is 1.92. The van der Waals surface area contributed by atoms with Crippen LogP contribution in [0.4, 0.5) is 0 Å². The first-order valence-corrected chi connectivity index (χ1v) is 8.14. The molecule has 0 spiro atoms. The zero-order valence-electron chi connectivity index (χ0n) is 12.4. The van der Waals surface area contributed by atoms with Crippen LogP contribution in [-0.4, -0.2) is 58.1 Å². The summed E-state index contributed by atoms with van der Waals surface area (Å²) >= 11 is 1.53. The number of aromatic nitrogens is 2. The summed E-state index contributed by atoms with van der Waals surface area (Å²) in [7, 11) is 0. The van der Waals surface area contributed by atoms with Crippen molar-refractivity contribution in [3.63, 3.8) is 0 Å². The third kappa shape index (κ3) is 3.48. The first-order chi connectivity index (χ1) is 11.2. The van der Waals surface area contributed by atoms with Crippen LogP contribution < -0.4 is 5.56 Å². The molecule has 1 aliphatic rings. The van der Waals surface area contributed by atoms with Crippen molar-refractivity contribution in [3.05, 3.63) is 40.0 Å². The van der Waals surface area contributed by atoms with Gasteiger partial charge in [-0.2, -0.15) is 5.10 Å². The Labute approximate surface area is 136 Å². The number of piperazine rings is 1. The highest BCUT2D eigenvalue weighted by molar-refractivity contribution is 7.13. The average Bonchev–Trinajstić information content (AvgIpc) is 3.11. The Morgan fingerprint density at radius 1 is 1.22 bits per heavy atom. The van der Waals surface area contributed by atoms with E-state index in [1.54, 1.807) is 15.9 Å². The molecule has 2 aromatic rings. The molecule has 1 saturated heterocycles. The molecule has 120 valence electrons. The van der Waals surface area contributed by atoms with Gasteiger partial charge < -0.3 is 9.80 Å². The lowest BCUT2D eigenvalue weighted by atomic mass is 10.3. The van der Waals surface area contributed by atoms with Gasteiger partial charge in [0.15, 0.2) is 0 Å². The van der Waals surface area contributed by atoms with E-state index in [1.165, 1.54) is 22.1 Å². The lowest BCUT2D eigenvalue weighted by Crippen LogP contribution is -2.49. The first-order valence-electron chi connectivity index (χ1n) is 7.26. The van der Waals surface area contributed by atoms with Crippen LogP contribution in [0.2, 0.25) is 0 Å². The molecular formula is C15H16N4O3S. The fourth-order valence-corrected chi connectivity index (χ4v) is 3.11. The molecule has 23 heavy (non-hydrogen) atoms. The van der Waals surface area contributed by atoms with Crippen LogP contribution in [0.1, 0.15) is 0 Å². The summed E-state index contributed by atoms with van der Waals surface area (Å²) in [6, 6.07) is 6.93. The Morgan fingerprint density at radius 3 is 2.65 bits per heavy atom. The van der Waals surface area contributed by atoms with Gasteiger partial charge in [-0.25, -0.2) is 4.68 Å². The van der Waals surface area contributed by atoms with E-state index in [0.717, 1.165) is 11.3 Å². The van der Waals surface area contributed by atoms with Crippen LogP contribution in [0, 0.1) is 0 Å². The highest BCUT2D eigenvalue weighted by atomic mass is 32.1. The molecular weight excluding hydrogens is 316 g/mol. The molecule has 0 radical (unpaired) electrons. The van der Waals surface area contributed by atoms with E-state index in [1.807, 2.05) is 17.5 Å². The van der Waals surface area contributed by atoms with Gasteiger partial charge in [-0.05, 0) is 17.5 Å². The van der Waals surface area contributed by atoms with Crippen molar-refractivity contribution in [2.45, 2.75) is 6.54 Å². The standard InChI is InChI=1S/C15H16N4O3S/c20-11-17-5-7-18(8-6-17)15(22)10-19-14(21)4-3-12(16-19)13-2-1-9-23-13/h1-4,9,11H,5-8,10H2. The smallest absolute Gasteiger partial charge is 0.267 e. The highest BCUT2D eigenvalue weighted by Crippen LogP contribution is 2.21. The summed E-state index contributed by atoms with van der Waals surface area (Å²) in [6.07, 6.45) is 0.790. The molecule has 0 unspecified atom stereocenters. The minimum Gasteiger partial charge on any atom is -0.342 e. The highest BCUT2D eigenvalue weighted by Gasteiger charge is 2.21. The maximum Gasteiger partial charge on any atom is 0.267 e. The summed E-state index contributed by atoms with van der Waals surface area (Å²) in [5, 5.41) is 6.22. The number of thiophene rings is 1. The average molecular weight is 332 g/mol. The van der Waals surface area contributed by atoms with E-state index in [2.05, 4.69) is 5.10 Å². The van der Waals surface area contributed by atoms with Gasteiger partial charge in [0.2, 0.25) is 12.3 Å². The first kappa shape index (κ1) is 15.4. The molecule has 1 aliphatic heterocycles. The molecule has 3 rings (SSSR count). The van der Waals surface area contributed by atoms with E-state index in [0.29, 0.717) is 31.9 Å². The quantitative estimate of drug-likeness (QED) is 0.753. The number of nitrogens with zero attached hydrogens (tertiary/aromatic N) is 4. The third-order valence-corrected chi connectivity index (χ3v) is 4.63. The predicted octanol–water partition coefficient (Wildman–Crippen LogP) is 0.272. The number of amides is 2. The maximum atomic E-state index is 12.3. The molecule has 0 atom stereocenters. The third-order valence-electron chi connectivity index (χ3n) is 3.74. The topological polar surface area (TPSA) is 75.5 Å². The van der Waals surface area contributed by atoms with Gasteiger partial charge in [-0.1, -0.05) is 6.07 Å². The molecule has 0 aliphatic carbocycles. The maximum absolute atomic E-state index is 12.3. The lowest BCUT2D eigenvalue weighted by molar-refractivity contribution is -0.135. The SMILES string of the molecule is O=CN1CCN(C(=O)Cn2nc(-c3cccs3)ccc2=O)CC1. The van der Waals surface area contributed by atoms with Crippen molar-refractivity contribution in [2.75, 3.05) is 26.2 Å².